The van der Waals surface area contributed by atoms with Gasteiger partial charge in [0.1, 0.15) is 0 Å². The molecule has 0 saturated heterocycles. The number of ether oxygens (including phenoxy) is 2. The predicted octanol–water partition coefficient (Wildman–Crippen LogP) is 4.43. The molecule has 0 rings (SSSR count). The van der Waals surface area contributed by atoms with Gasteiger partial charge in [-0.15, -0.1) is 0 Å². The molecule has 4 nitrogen and oxygen atoms in total. The maximum Gasteiger partial charge on any atom is 0.334 e. The van der Waals surface area contributed by atoms with Gasteiger partial charge in [0.15, 0.2) is 0 Å². The molecule has 0 spiro atoms. The SMILES string of the molecule is CCCCOC(=O)/C(C)=C(/CC(C)(C)C)C(=O)OCCCC. The third kappa shape index (κ3) is 8.85. The molecule has 0 bridgehead atoms. The lowest BCUT2D eigenvalue weighted by Crippen LogP contribution is -2.20. The molecule has 0 aliphatic heterocycles. The van der Waals surface area contributed by atoms with Crippen LogP contribution in [0.15, 0.2) is 11.1 Å². The lowest BCUT2D eigenvalue weighted by Gasteiger charge is -2.21. The van der Waals surface area contributed by atoms with Crippen molar-refractivity contribution in [2.24, 2.45) is 5.41 Å². The fourth-order valence-corrected chi connectivity index (χ4v) is 1.83. The van der Waals surface area contributed by atoms with Gasteiger partial charge in [-0.1, -0.05) is 47.5 Å². The second-order valence-electron chi connectivity index (χ2n) is 6.82. The molecule has 0 unspecified atom stereocenters. The van der Waals surface area contributed by atoms with Crippen molar-refractivity contribution >= 4 is 11.9 Å². The van der Waals surface area contributed by atoms with Crippen LogP contribution in [0, 0.1) is 5.41 Å². The Balaban J connectivity index is 5.05. The highest BCUT2D eigenvalue weighted by Gasteiger charge is 2.25. The predicted molar refractivity (Wildman–Crippen MR) is 88.5 cm³/mol. The van der Waals surface area contributed by atoms with Crippen LogP contribution in [-0.2, 0) is 19.1 Å². The molecule has 22 heavy (non-hydrogen) atoms. The molecule has 0 aliphatic carbocycles. The number of carbonyl (C=O) groups excluding carboxylic acids is 2. The minimum atomic E-state index is -0.417. The van der Waals surface area contributed by atoms with E-state index in [1.54, 1.807) is 6.92 Å². The van der Waals surface area contributed by atoms with Gasteiger partial charge in [-0.05, 0) is 31.6 Å². The Hall–Kier alpha value is -1.32. The number of esters is 2. The number of rotatable bonds is 9. The van der Waals surface area contributed by atoms with E-state index in [4.69, 9.17) is 9.47 Å². The van der Waals surface area contributed by atoms with Crippen LogP contribution in [0.1, 0.15) is 73.6 Å². The average molecular weight is 312 g/mol. The standard InChI is InChI=1S/C18H32O4/c1-7-9-11-21-16(19)14(3)15(13-18(4,5)6)17(20)22-12-10-8-2/h7-13H2,1-6H3/b15-14-. The molecule has 0 saturated carbocycles. The highest BCUT2D eigenvalue weighted by Crippen LogP contribution is 2.27. The number of hydrogen-bond donors (Lipinski definition) is 0. The van der Waals surface area contributed by atoms with Crippen LogP contribution in [0.4, 0.5) is 0 Å². The highest BCUT2D eigenvalue weighted by molar-refractivity contribution is 6.00. The second kappa shape index (κ2) is 10.4. The molecule has 0 heterocycles. The number of hydrogen-bond acceptors (Lipinski definition) is 4. The fourth-order valence-electron chi connectivity index (χ4n) is 1.83. The van der Waals surface area contributed by atoms with E-state index in [2.05, 4.69) is 0 Å². The topological polar surface area (TPSA) is 52.6 Å². The van der Waals surface area contributed by atoms with E-state index in [1.807, 2.05) is 34.6 Å². The van der Waals surface area contributed by atoms with E-state index in [0.29, 0.717) is 30.8 Å². The maximum atomic E-state index is 12.3. The first-order valence-corrected chi connectivity index (χ1v) is 8.27. The van der Waals surface area contributed by atoms with E-state index in [9.17, 15) is 9.59 Å². The largest absolute Gasteiger partial charge is 0.462 e. The summed E-state index contributed by atoms with van der Waals surface area (Å²) in [7, 11) is 0. The molecular weight excluding hydrogens is 280 g/mol. The molecule has 128 valence electrons. The Morgan fingerprint density at radius 3 is 1.73 bits per heavy atom. The van der Waals surface area contributed by atoms with Gasteiger partial charge in [0.05, 0.1) is 13.2 Å². The molecular formula is C18H32O4. The van der Waals surface area contributed by atoms with E-state index in [1.165, 1.54) is 0 Å². The zero-order valence-electron chi connectivity index (χ0n) is 15.1. The van der Waals surface area contributed by atoms with Crippen molar-refractivity contribution in [2.75, 3.05) is 13.2 Å². The first kappa shape index (κ1) is 20.7. The van der Waals surface area contributed by atoms with Crippen LogP contribution < -0.4 is 0 Å². The molecule has 4 heteroatoms. The van der Waals surface area contributed by atoms with Crippen molar-refractivity contribution in [3.8, 4) is 0 Å². The van der Waals surface area contributed by atoms with Gasteiger partial charge >= 0.3 is 11.9 Å². The van der Waals surface area contributed by atoms with E-state index < -0.39 is 11.9 Å². The first-order valence-electron chi connectivity index (χ1n) is 8.27. The van der Waals surface area contributed by atoms with Crippen molar-refractivity contribution in [3.63, 3.8) is 0 Å². The van der Waals surface area contributed by atoms with Gasteiger partial charge < -0.3 is 9.47 Å². The third-order valence-electron chi connectivity index (χ3n) is 3.17. The smallest absolute Gasteiger partial charge is 0.334 e. The lowest BCUT2D eigenvalue weighted by atomic mass is 9.86. The van der Waals surface area contributed by atoms with Crippen molar-refractivity contribution in [1.29, 1.82) is 0 Å². The molecule has 0 atom stereocenters. The molecule has 0 amide bonds. The van der Waals surface area contributed by atoms with Crippen LogP contribution in [0.3, 0.4) is 0 Å². The highest BCUT2D eigenvalue weighted by atomic mass is 16.5. The average Bonchev–Trinajstić information content (AvgIpc) is 2.43. The maximum absolute atomic E-state index is 12.3. The van der Waals surface area contributed by atoms with Crippen LogP contribution in [0.2, 0.25) is 0 Å². The summed E-state index contributed by atoms with van der Waals surface area (Å²) in [5, 5.41) is 0. The Kier molecular flexibility index (Phi) is 9.79. The third-order valence-corrected chi connectivity index (χ3v) is 3.17. The summed E-state index contributed by atoms with van der Waals surface area (Å²) < 4.78 is 10.5. The molecule has 0 N–H and O–H groups in total. The van der Waals surface area contributed by atoms with Crippen molar-refractivity contribution in [3.05, 3.63) is 11.1 Å². The number of carbonyl (C=O) groups is 2. The summed E-state index contributed by atoms with van der Waals surface area (Å²) in [4.78, 5) is 24.4. The van der Waals surface area contributed by atoms with Crippen molar-refractivity contribution in [2.45, 2.75) is 73.6 Å². The molecule has 0 aromatic rings. The minimum absolute atomic E-state index is 0.107. The quantitative estimate of drug-likeness (QED) is 0.359. The van der Waals surface area contributed by atoms with Crippen molar-refractivity contribution in [1.82, 2.24) is 0 Å². The Labute approximate surface area is 135 Å². The fraction of sp³-hybridized carbons (Fsp3) is 0.778. The Morgan fingerprint density at radius 1 is 0.864 bits per heavy atom. The lowest BCUT2D eigenvalue weighted by molar-refractivity contribution is -0.142. The summed E-state index contributed by atoms with van der Waals surface area (Å²) in [6, 6.07) is 0. The van der Waals surface area contributed by atoms with E-state index in [-0.39, 0.29) is 5.41 Å². The Bertz CT molecular complexity index is 388. The van der Waals surface area contributed by atoms with Crippen molar-refractivity contribution < 1.29 is 19.1 Å². The monoisotopic (exact) mass is 312 g/mol. The van der Waals surface area contributed by atoms with E-state index in [0.717, 1.165) is 25.7 Å². The van der Waals surface area contributed by atoms with Gasteiger partial charge in [-0.3, -0.25) is 0 Å². The first-order chi connectivity index (χ1) is 10.2. The zero-order valence-corrected chi connectivity index (χ0v) is 15.1. The minimum Gasteiger partial charge on any atom is -0.462 e. The van der Waals surface area contributed by atoms with Gasteiger partial charge in [0.25, 0.3) is 0 Å². The van der Waals surface area contributed by atoms with Crippen LogP contribution in [-0.4, -0.2) is 25.2 Å². The molecule has 0 fully saturated rings. The molecule has 0 radical (unpaired) electrons. The molecule has 0 aliphatic rings. The van der Waals surface area contributed by atoms with Crippen LogP contribution in [0.5, 0.6) is 0 Å². The summed E-state index contributed by atoms with van der Waals surface area (Å²) in [5.41, 5.74) is 0.696. The van der Waals surface area contributed by atoms with Gasteiger partial charge in [0, 0.05) is 11.1 Å². The Morgan fingerprint density at radius 2 is 1.32 bits per heavy atom. The van der Waals surface area contributed by atoms with Gasteiger partial charge in [0.2, 0.25) is 0 Å². The normalized spacial score (nSPS) is 12.6. The van der Waals surface area contributed by atoms with Crippen LogP contribution in [0.25, 0.3) is 0 Å². The second-order valence-corrected chi connectivity index (χ2v) is 6.82. The summed E-state index contributed by atoms with van der Waals surface area (Å²) in [5.74, 6) is -0.812. The van der Waals surface area contributed by atoms with Gasteiger partial charge in [-0.25, -0.2) is 9.59 Å². The van der Waals surface area contributed by atoms with Gasteiger partial charge in [-0.2, -0.15) is 0 Å². The van der Waals surface area contributed by atoms with E-state index >= 15 is 0 Å². The summed E-state index contributed by atoms with van der Waals surface area (Å²) in [6.45, 7) is 12.6. The number of unbranched alkanes of at least 4 members (excludes halogenated alkanes) is 2. The summed E-state index contributed by atoms with van der Waals surface area (Å²) >= 11 is 0. The zero-order chi connectivity index (χ0) is 17.2. The summed E-state index contributed by atoms with van der Waals surface area (Å²) in [6.07, 6.45) is 4.07. The molecule has 0 aromatic heterocycles. The molecule has 0 aromatic carbocycles. The van der Waals surface area contributed by atoms with Crippen LogP contribution >= 0.6 is 0 Å².